The lowest BCUT2D eigenvalue weighted by atomic mass is 10.2. The summed E-state index contributed by atoms with van der Waals surface area (Å²) in [5, 5.41) is 6.60. The Kier molecular flexibility index (Phi) is 7.30. The molecule has 35 heavy (non-hydrogen) atoms. The number of hydrogen-bond acceptors (Lipinski definition) is 3. The highest BCUT2D eigenvalue weighted by atomic mass is 79.9. The Morgan fingerprint density at radius 2 is 1.66 bits per heavy atom. The fourth-order valence-electron chi connectivity index (χ4n) is 3.47. The van der Waals surface area contributed by atoms with Crippen LogP contribution < -0.4 is 16.1 Å². The normalized spacial score (nSPS) is 10.8. The maximum Gasteiger partial charge on any atom is 0.328 e. The van der Waals surface area contributed by atoms with Crippen molar-refractivity contribution >= 4 is 83.5 Å². The molecule has 0 radical (unpaired) electrons. The Morgan fingerprint density at radius 1 is 0.886 bits per heavy atom. The number of nitrogens with one attached hydrogen (secondary N) is 3. The number of fused-ring (bicyclic) bond motifs is 1. The van der Waals surface area contributed by atoms with Crippen LogP contribution in [0.15, 0.2) is 69.6 Å². The largest absolute Gasteiger partial charge is 0.328 e. The third-order valence-corrected chi connectivity index (χ3v) is 7.14. The average molecular weight is 619 g/mol. The molecule has 7 nitrogen and oxygen atoms in total. The van der Waals surface area contributed by atoms with Gasteiger partial charge in [0.1, 0.15) is 5.69 Å². The molecule has 3 aromatic carbocycles. The standard InChI is InChI=1S/C25H19Br2ClN4O3/c1-13-10-17(7-8-18(13)27)29-24(34)25(35)31-32-21-9-6-16(26)11-15(21)12-22(32)23(33)30-20-5-3-4-19(28)14(20)2/h3-12H,1-2H3,(H,29,34)(H,30,33)(H,31,35). The van der Waals surface area contributed by atoms with E-state index >= 15 is 0 Å². The van der Waals surface area contributed by atoms with Gasteiger partial charge in [0.2, 0.25) is 0 Å². The molecule has 1 heterocycles. The van der Waals surface area contributed by atoms with E-state index in [1.165, 1.54) is 4.68 Å². The van der Waals surface area contributed by atoms with Crippen molar-refractivity contribution in [1.82, 2.24) is 4.68 Å². The fourth-order valence-corrected chi connectivity index (χ4v) is 4.27. The van der Waals surface area contributed by atoms with Gasteiger partial charge in [0.15, 0.2) is 0 Å². The van der Waals surface area contributed by atoms with Crippen LogP contribution in [0.4, 0.5) is 11.4 Å². The number of aromatic nitrogens is 1. The number of benzene rings is 3. The summed E-state index contributed by atoms with van der Waals surface area (Å²) in [6.07, 6.45) is 0. The van der Waals surface area contributed by atoms with Crippen LogP contribution in [-0.2, 0) is 9.59 Å². The number of rotatable bonds is 4. The first-order chi connectivity index (χ1) is 16.6. The number of amides is 3. The van der Waals surface area contributed by atoms with Crippen molar-refractivity contribution in [1.29, 1.82) is 0 Å². The number of carbonyl (C=O) groups is 3. The summed E-state index contributed by atoms with van der Waals surface area (Å²) in [5.41, 5.74) is 5.85. The molecule has 10 heteroatoms. The van der Waals surface area contributed by atoms with E-state index in [4.69, 9.17) is 11.6 Å². The molecule has 4 aromatic rings. The van der Waals surface area contributed by atoms with E-state index < -0.39 is 17.7 Å². The van der Waals surface area contributed by atoms with Crippen LogP contribution in [0.5, 0.6) is 0 Å². The summed E-state index contributed by atoms with van der Waals surface area (Å²) in [4.78, 5) is 38.6. The van der Waals surface area contributed by atoms with Crippen LogP contribution in [0.2, 0.25) is 5.02 Å². The molecular weight excluding hydrogens is 600 g/mol. The monoisotopic (exact) mass is 616 g/mol. The van der Waals surface area contributed by atoms with Crippen LogP contribution in [0, 0.1) is 13.8 Å². The van der Waals surface area contributed by atoms with Gasteiger partial charge in [-0.05, 0) is 79.6 Å². The summed E-state index contributed by atoms with van der Waals surface area (Å²) >= 11 is 13.0. The van der Waals surface area contributed by atoms with Gasteiger partial charge in [0.05, 0.1) is 5.52 Å². The zero-order valence-electron chi connectivity index (χ0n) is 18.6. The second-order valence-corrected chi connectivity index (χ2v) is 9.97. The highest BCUT2D eigenvalue weighted by molar-refractivity contribution is 9.10. The molecule has 0 aliphatic rings. The molecule has 0 spiro atoms. The van der Waals surface area contributed by atoms with Gasteiger partial charge in [-0.2, -0.15) is 0 Å². The van der Waals surface area contributed by atoms with Gasteiger partial charge in [-0.3, -0.25) is 19.8 Å². The van der Waals surface area contributed by atoms with Gasteiger partial charge in [0, 0.05) is 30.7 Å². The van der Waals surface area contributed by atoms with Crippen molar-refractivity contribution in [2.45, 2.75) is 13.8 Å². The first kappa shape index (κ1) is 25.0. The maximum absolute atomic E-state index is 13.2. The van der Waals surface area contributed by atoms with Gasteiger partial charge in [-0.25, -0.2) is 4.68 Å². The summed E-state index contributed by atoms with van der Waals surface area (Å²) in [6, 6.07) is 17.3. The average Bonchev–Trinajstić information content (AvgIpc) is 3.16. The van der Waals surface area contributed by atoms with Gasteiger partial charge in [-0.15, -0.1) is 0 Å². The highest BCUT2D eigenvalue weighted by Crippen LogP contribution is 2.26. The summed E-state index contributed by atoms with van der Waals surface area (Å²) in [7, 11) is 0. The number of anilines is 2. The highest BCUT2D eigenvalue weighted by Gasteiger charge is 2.22. The predicted molar refractivity (Wildman–Crippen MR) is 146 cm³/mol. The Bertz CT molecular complexity index is 1500. The second kappa shape index (κ2) is 10.2. The molecule has 0 fully saturated rings. The lowest BCUT2D eigenvalue weighted by Crippen LogP contribution is -2.36. The quantitative estimate of drug-likeness (QED) is 0.231. The molecular formula is C25H19Br2ClN4O3. The Hall–Kier alpha value is -3.14. The van der Waals surface area contributed by atoms with E-state index in [9.17, 15) is 14.4 Å². The fraction of sp³-hybridized carbons (Fsp3) is 0.0800. The van der Waals surface area contributed by atoms with E-state index in [-0.39, 0.29) is 5.69 Å². The van der Waals surface area contributed by atoms with Crippen molar-refractivity contribution < 1.29 is 14.4 Å². The van der Waals surface area contributed by atoms with Gasteiger partial charge in [-0.1, -0.05) is 49.5 Å². The zero-order chi connectivity index (χ0) is 25.3. The number of nitrogens with zero attached hydrogens (tertiary/aromatic N) is 1. The smallest absolute Gasteiger partial charge is 0.320 e. The lowest BCUT2D eigenvalue weighted by Gasteiger charge is -2.14. The van der Waals surface area contributed by atoms with E-state index in [1.807, 2.05) is 13.0 Å². The molecule has 0 aliphatic heterocycles. The van der Waals surface area contributed by atoms with Crippen molar-refractivity contribution in [3.05, 3.63) is 91.5 Å². The predicted octanol–water partition coefficient (Wildman–Crippen LogP) is 6.40. The number of hydrogen-bond donors (Lipinski definition) is 3. The molecule has 3 N–H and O–H groups in total. The molecule has 4 rings (SSSR count). The molecule has 0 aliphatic carbocycles. The third kappa shape index (κ3) is 5.42. The molecule has 0 atom stereocenters. The molecule has 1 aromatic heterocycles. The van der Waals surface area contributed by atoms with Crippen LogP contribution in [-0.4, -0.2) is 22.4 Å². The van der Waals surface area contributed by atoms with Crippen molar-refractivity contribution in [2.24, 2.45) is 0 Å². The summed E-state index contributed by atoms with van der Waals surface area (Å²) in [5.74, 6) is -2.28. The SMILES string of the molecule is Cc1cc(NC(=O)C(=O)Nn2c(C(=O)Nc3cccc(Cl)c3C)cc3cc(Br)ccc32)ccc1Br. The Labute approximate surface area is 223 Å². The summed E-state index contributed by atoms with van der Waals surface area (Å²) in [6.45, 7) is 3.66. The van der Waals surface area contributed by atoms with E-state index in [1.54, 1.807) is 61.5 Å². The molecule has 3 amide bonds. The van der Waals surface area contributed by atoms with Crippen molar-refractivity contribution in [2.75, 3.05) is 16.1 Å². The van der Waals surface area contributed by atoms with E-state index in [0.29, 0.717) is 32.9 Å². The number of halogens is 3. The number of carbonyl (C=O) groups excluding carboxylic acids is 3. The van der Waals surface area contributed by atoms with Crippen molar-refractivity contribution in [3.63, 3.8) is 0 Å². The van der Waals surface area contributed by atoms with E-state index in [0.717, 1.165) is 14.5 Å². The first-order valence-electron chi connectivity index (χ1n) is 10.4. The molecule has 0 unspecified atom stereocenters. The zero-order valence-corrected chi connectivity index (χ0v) is 22.5. The molecule has 178 valence electrons. The van der Waals surface area contributed by atoms with E-state index in [2.05, 4.69) is 47.9 Å². The van der Waals surface area contributed by atoms with Crippen LogP contribution in [0.3, 0.4) is 0 Å². The van der Waals surface area contributed by atoms with Gasteiger partial charge in [0.25, 0.3) is 5.91 Å². The minimum atomic E-state index is -0.932. The third-order valence-electron chi connectivity index (χ3n) is 5.35. The second-order valence-electron chi connectivity index (χ2n) is 7.79. The van der Waals surface area contributed by atoms with Gasteiger partial charge >= 0.3 is 11.8 Å². The maximum atomic E-state index is 13.2. The molecule has 0 saturated heterocycles. The lowest BCUT2D eigenvalue weighted by molar-refractivity contribution is -0.133. The molecule has 0 saturated carbocycles. The van der Waals surface area contributed by atoms with Crippen molar-refractivity contribution in [3.8, 4) is 0 Å². The minimum Gasteiger partial charge on any atom is -0.320 e. The first-order valence-corrected chi connectivity index (χ1v) is 12.4. The van der Waals surface area contributed by atoms with Crippen LogP contribution in [0.1, 0.15) is 21.6 Å². The Balaban J connectivity index is 1.64. The topological polar surface area (TPSA) is 92.2 Å². The number of aryl methyl sites for hydroxylation is 1. The molecule has 0 bridgehead atoms. The Morgan fingerprint density at radius 3 is 2.40 bits per heavy atom. The van der Waals surface area contributed by atoms with Gasteiger partial charge < -0.3 is 10.6 Å². The minimum absolute atomic E-state index is 0.137. The van der Waals surface area contributed by atoms with Crippen LogP contribution >= 0.6 is 43.5 Å². The summed E-state index contributed by atoms with van der Waals surface area (Å²) < 4.78 is 2.98. The van der Waals surface area contributed by atoms with Crippen LogP contribution in [0.25, 0.3) is 10.9 Å².